The molecule has 408 valence electrons. The minimum Gasteiger partial charge on any atom is -0.462 e. The number of allylic oxidation sites excluding steroid dienone is 16. The van der Waals surface area contributed by atoms with E-state index < -0.39 is 18.2 Å². The summed E-state index contributed by atoms with van der Waals surface area (Å²) in [7, 11) is 0. The molecule has 6 nitrogen and oxygen atoms in total. The van der Waals surface area contributed by atoms with E-state index in [1.807, 2.05) is 0 Å². The summed E-state index contributed by atoms with van der Waals surface area (Å²) >= 11 is 0. The molecule has 0 aliphatic heterocycles. The third-order valence-corrected chi connectivity index (χ3v) is 13.1. The van der Waals surface area contributed by atoms with Crippen LogP contribution < -0.4 is 5.32 Å². The van der Waals surface area contributed by atoms with Crippen LogP contribution in [0.2, 0.25) is 0 Å². The van der Waals surface area contributed by atoms with E-state index in [0.29, 0.717) is 19.3 Å². The molecule has 0 spiro atoms. The summed E-state index contributed by atoms with van der Waals surface area (Å²) in [6, 6.07) is -0.730. The van der Waals surface area contributed by atoms with Crippen LogP contribution in [0.5, 0.6) is 0 Å². The number of esters is 1. The lowest BCUT2D eigenvalue weighted by Gasteiger charge is -2.24. The van der Waals surface area contributed by atoms with Crippen molar-refractivity contribution in [3.05, 3.63) is 97.2 Å². The molecule has 0 rings (SSSR count). The van der Waals surface area contributed by atoms with Crippen LogP contribution in [0.15, 0.2) is 97.2 Å². The Hall–Kier alpha value is -3.22. The van der Waals surface area contributed by atoms with Gasteiger partial charge in [-0.3, -0.25) is 9.59 Å². The first-order valence-corrected chi connectivity index (χ1v) is 30.0. The van der Waals surface area contributed by atoms with Gasteiger partial charge in [0.25, 0.3) is 0 Å². The SMILES string of the molecule is CC/C=C\C/C=C\C/C=C\C/C=C\C/C=C\CCCC(CC(=O)NC(CO)C(O)CCCCCCCCCCCCCCCCCC)OC(=O)CCCCCCCC/C=C\C/C=C\C/C=C\CCCCC. The lowest BCUT2D eigenvalue weighted by molar-refractivity contribution is -0.151. The fourth-order valence-corrected chi connectivity index (χ4v) is 8.65. The van der Waals surface area contributed by atoms with E-state index in [0.717, 1.165) is 103 Å². The number of rotatable bonds is 53. The van der Waals surface area contributed by atoms with Crippen molar-refractivity contribution in [2.45, 2.75) is 296 Å². The second-order valence-corrected chi connectivity index (χ2v) is 20.0. The highest BCUT2D eigenvalue weighted by Gasteiger charge is 2.24. The second-order valence-electron chi connectivity index (χ2n) is 20.0. The van der Waals surface area contributed by atoms with Gasteiger partial charge in [-0.15, -0.1) is 0 Å². The molecule has 3 N–H and O–H groups in total. The van der Waals surface area contributed by atoms with E-state index >= 15 is 0 Å². The fourth-order valence-electron chi connectivity index (χ4n) is 8.65. The highest BCUT2D eigenvalue weighted by atomic mass is 16.5. The Labute approximate surface area is 439 Å². The quantitative estimate of drug-likeness (QED) is 0.0321. The largest absolute Gasteiger partial charge is 0.462 e. The monoisotopic (exact) mass is 988 g/mol. The molecule has 3 unspecified atom stereocenters. The van der Waals surface area contributed by atoms with Gasteiger partial charge in [0.15, 0.2) is 0 Å². The third-order valence-electron chi connectivity index (χ3n) is 13.1. The molecule has 0 aromatic carbocycles. The van der Waals surface area contributed by atoms with Crippen molar-refractivity contribution in [1.82, 2.24) is 5.32 Å². The van der Waals surface area contributed by atoms with Crippen molar-refractivity contribution in [3.63, 3.8) is 0 Å². The maximum absolute atomic E-state index is 13.3. The zero-order chi connectivity index (χ0) is 51.6. The van der Waals surface area contributed by atoms with Crippen molar-refractivity contribution < 1.29 is 24.5 Å². The smallest absolute Gasteiger partial charge is 0.306 e. The summed E-state index contributed by atoms with van der Waals surface area (Å²) in [4.78, 5) is 26.3. The predicted molar refractivity (Wildman–Crippen MR) is 310 cm³/mol. The Morgan fingerprint density at radius 3 is 1.21 bits per heavy atom. The minimum absolute atomic E-state index is 0.0287. The van der Waals surface area contributed by atoms with E-state index in [-0.39, 0.29) is 24.9 Å². The van der Waals surface area contributed by atoms with Gasteiger partial charge < -0.3 is 20.3 Å². The van der Waals surface area contributed by atoms with E-state index in [4.69, 9.17) is 4.74 Å². The number of amides is 1. The number of hydrogen-bond donors (Lipinski definition) is 3. The lowest BCUT2D eigenvalue weighted by atomic mass is 10.0. The number of aliphatic hydroxyl groups is 2. The summed E-state index contributed by atoms with van der Waals surface area (Å²) in [6.07, 6.45) is 77.6. The summed E-state index contributed by atoms with van der Waals surface area (Å²) in [5.74, 6) is -0.544. The number of aliphatic hydroxyl groups excluding tert-OH is 2. The Morgan fingerprint density at radius 1 is 0.423 bits per heavy atom. The van der Waals surface area contributed by atoms with Crippen LogP contribution in [-0.2, 0) is 14.3 Å². The van der Waals surface area contributed by atoms with Crippen molar-refractivity contribution in [1.29, 1.82) is 0 Å². The number of ether oxygens (including phenoxy) is 1. The molecule has 0 bridgehead atoms. The second kappa shape index (κ2) is 57.7. The molecule has 0 heterocycles. The number of carbonyl (C=O) groups is 2. The van der Waals surface area contributed by atoms with Gasteiger partial charge in [0.2, 0.25) is 5.91 Å². The molecule has 6 heteroatoms. The topological polar surface area (TPSA) is 95.9 Å². The van der Waals surface area contributed by atoms with Gasteiger partial charge >= 0.3 is 5.97 Å². The Morgan fingerprint density at radius 2 is 0.775 bits per heavy atom. The molecule has 0 saturated carbocycles. The van der Waals surface area contributed by atoms with E-state index in [9.17, 15) is 19.8 Å². The molecule has 0 aliphatic carbocycles. The van der Waals surface area contributed by atoms with Gasteiger partial charge in [0.05, 0.1) is 25.2 Å². The average Bonchev–Trinajstić information content (AvgIpc) is 3.36. The van der Waals surface area contributed by atoms with Crippen LogP contribution in [-0.4, -0.2) is 46.9 Å². The number of hydrogen-bond acceptors (Lipinski definition) is 5. The average molecular weight is 989 g/mol. The lowest BCUT2D eigenvalue weighted by Crippen LogP contribution is -2.46. The fraction of sp³-hybridized carbons (Fsp3) is 0.723. The van der Waals surface area contributed by atoms with Gasteiger partial charge in [-0.25, -0.2) is 0 Å². The summed E-state index contributed by atoms with van der Waals surface area (Å²) < 4.78 is 5.94. The highest BCUT2D eigenvalue weighted by molar-refractivity contribution is 5.77. The van der Waals surface area contributed by atoms with Crippen LogP contribution in [0.25, 0.3) is 0 Å². The molecule has 0 aromatic heterocycles. The molecule has 0 saturated heterocycles. The Bertz CT molecular complexity index is 1390. The van der Waals surface area contributed by atoms with Crippen LogP contribution in [0, 0.1) is 0 Å². The van der Waals surface area contributed by atoms with Crippen molar-refractivity contribution >= 4 is 11.9 Å². The number of carbonyl (C=O) groups excluding carboxylic acids is 2. The number of nitrogens with one attached hydrogen (secondary N) is 1. The summed E-state index contributed by atoms with van der Waals surface area (Å²) in [5.41, 5.74) is 0. The summed E-state index contributed by atoms with van der Waals surface area (Å²) in [6.45, 7) is 6.34. The van der Waals surface area contributed by atoms with Gasteiger partial charge in [-0.05, 0) is 103 Å². The first-order valence-electron chi connectivity index (χ1n) is 30.0. The van der Waals surface area contributed by atoms with Gasteiger partial charge in [-0.1, -0.05) is 259 Å². The molecular formula is C65H113NO5. The normalized spacial score (nSPS) is 13.8. The van der Waals surface area contributed by atoms with Crippen LogP contribution in [0.1, 0.15) is 278 Å². The van der Waals surface area contributed by atoms with Crippen molar-refractivity contribution in [2.75, 3.05) is 6.61 Å². The zero-order valence-corrected chi connectivity index (χ0v) is 46.6. The molecule has 0 aliphatic rings. The van der Waals surface area contributed by atoms with Gasteiger partial charge in [-0.2, -0.15) is 0 Å². The molecule has 3 atom stereocenters. The molecular weight excluding hydrogens is 875 g/mol. The Balaban J connectivity index is 4.68. The molecule has 1 amide bonds. The first kappa shape index (κ1) is 67.8. The van der Waals surface area contributed by atoms with Gasteiger partial charge in [0, 0.05) is 6.42 Å². The Kier molecular flexibility index (Phi) is 55.1. The highest BCUT2D eigenvalue weighted by Crippen LogP contribution is 2.17. The van der Waals surface area contributed by atoms with Gasteiger partial charge in [0.1, 0.15) is 6.10 Å². The zero-order valence-electron chi connectivity index (χ0n) is 46.6. The van der Waals surface area contributed by atoms with E-state index in [1.54, 1.807) is 0 Å². The summed E-state index contributed by atoms with van der Waals surface area (Å²) in [5, 5.41) is 23.9. The maximum atomic E-state index is 13.3. The van der Waals surface area contributed by atoms with Crippen LogP contribution in [0.4, 0.5) is 0 Å². The number of unbranched alkanes of at least 4 members (excludes halogenated alkanes) is 25. The molecule has 0 aromatic rings. The maximum Gasteiger partial charge on any atom is 0.306 e. The first-order chi connectivity index (χ1) is 35.0. The van der Waals surface area contributed by atoms with E-state index in [2.05, 4.69) is 123 Å². The third kappa shape index (κ3) is 52.9. The molecule has 0 fully saturated rings. The predicted octanol–water partition coefficient (Wildman–Crippen LogP) is 18.8. The van der Waals surface area contributed by atoms with Crippen molar-refractivity contribution in [2.24, 2.45) is 0 Å². The van der Waals surface area contributed by atoms with Crippen LogP contribution >= 0.6 is 0 Å². The molecule has 71 heavy (non-hydrogen) atoms. The standard InChI is InChI=1S/C65H113NO5/c1-4-7-10-13-16-19-22-25-28-31-32-34-37-40-43-46-49-52-55-58-65(70)71-61(56-53-50-47-44-41-38-35-33-29-26-23-20-17-14-11-8-5-2)59-64(69)66-62(60-67)63(68)57-54-51-48-45-42-39-36-30-27-24-21-18-15-12-9-6-3/h8,11,16-17,19-20,25-26,28-29,32,34-35,38,44,47,61-63,67-68H,4-7,9-10,12-15,18,21-24,27,30-31,33,36-37,39-43,45-46,48-60H2,1-3H3,(H,66,69)/b11-8-,19-16-,20-17-,28-25-,29-26-,34-32-,38-35-,47-44-. The van der Waals surface area contributed by atoms with E-state index in [1.165, 1.54) is 128 Å². The van der Waals surface area contributed by atoms with Crippen LogP contribution in [0.3, 0.4) is 0 Å². The van der Waals surface area contributed by atoms with Crippen molar-refractivity contribution in [3.8, 4) is 0 Å². The minimum atomic E-state index is -0.812. The molecule has 0 radical (unpaired) electrons.